The first-order chi connectivity index (χ1) is 18.5. The van der Waals surface area contributed by atoms with Gasteiger partial charge in [0.05, 0.1) is 0 Å². The summed E-state index contributed by atoms with van der Waals surface area (Å²) in [4.78, 5) is 36.7. The Morgan fingerprint density at radius 3 is 2.58 bits per heavy atom. The number of alkyl halides is 1. The van der Waals surface area contributed by atoms with Gasteiger partial charge in [-0.1, -0.05) is 36.4 Å². The highest BCUT2D eigenvalue weighted by Gasteiger charge is 2.24. The summed E-state index contributed by atoms with van der Waals surface area (Å²) in [6.07, 6.45) is 5.82. The van der Waals surface area contributed by atoms with E-state index in [9.17, 15) is 14.0 Å². The number of amides is 2. The lowest BCUT2D eigenvalue weighted by Crippen LogP contribution is -2.42. The highest BCUT2D eigenvalue weighted by atomic mass is 19.1. The van der Waals surface area contributed by atoms with Gasteiger partial charge in [-0.3, -0.25) is 19.0 Å². The Kier molecular flexibility index (Phi) is 6.99. The summed E-state index contributed by atoms with van der Waals surface area (Å²) in [5, 5.41) is 2.97. The number of anilines is 1. The third-order valence-corrected chi connectivity index (χ3v) is 6.53. The van der Waals surface area contributed by atoms with E-state index < -0.39 is 12.6 Å². The highest BCUT2D eigenvalue weighted by Crippen LogP contribution is 2.30. The molecule has 3 heterocycles. The molecule has 2 aromatic carbocycles. The number of nitrogens with one attached hydrogen (secondary N) is 1. The Labute approximate surface area is 219 Å². The number of halogens is 1. The fourth-order valence-corrected chi connectivity index (χ4v) is 4.32. The number of pyridine rings is 1. The average molecular weight is 511 g/mol. The maximum Gasteiger partial charge on any atom is 0.256 e. The summed E-state index contributed by atoms with van der Waals surface area (Å²) in [7, 11) is 1.60. The standard InChI is InChI=1S/C29H27FN6O2/c1-32-12-10-24(31)23-16-20(8-9-22(23)18-30)28(37)34-27-26(19-6-3-2-4-7-19)33-25-17-21(11-15-36(25)27)29(38)35-13-5-14-35/h2-4,6-12,15-17H,5,13-14,18,31H2,1H3,(H,34,37). The molecule has 2 aromatic heterocycles. The molecule has 0 atom stereocenters. The topological polar surface area (TPSA) is 105 Å². The van der Waals surface area contributed by atoms with Crippen LogP contribution in [0.4, 0.5) is 10.2 Å². The molecule has 0 radical (unpaired) electrons. The molecule has 0 unspecified atom stereocenters. The van der Waals surface area contributed by atoms with Gasteiger partial charge >= 0.3 is 0 Å². The molecule has 38 heavy (non-hydrogen) atoms. The van der Waals surface area contributed by atoms with Crippen LogP contribution in [0.3, 0.4) is 0 Å². The van der Waals surface area contributed by atoms with Crippen molar-refractivity contribution in [3.8, 4) is 11.3 Å². The first-order valence-electron chi connectivity index (χ1n) is 12.3. The molecule has 192 valence electrons. The number of carbonyl (C=O) groups excluding carboxylic acids is 2. The van der Waals surface area contributed by atoms with E-state index in [-0.39, 0.29) is 5.91 Å². The van der Waals surface area contributed by atoms with Gasteiger partial charge in [0.2, 0.25) is 0 Å². The Hall–Kier alpha value is -4.79. The molecule has 0 bridgehead atoms. The predicted molar refractivity (Wildman–Crippen MR) is 147 cm³/mol. The average Bonchev–Trinajstić information content (AvgIpc) is 3.28. The van der Waals surface area contributed by atoms with E-state index in [0.29, 0.717) is 45.1 Å². The quantitative estimate of drug-likeness (QED) is 0.355. The van der Waals surface area contributed by atoms with E-state index >= 15 is 0 Å². The monoisotopic (exact) mass is 510 g/mol. The second-order valence-electron chi connectivity index (χ2n) is 8.95. The van der Waals surface area contributed by atoms with Crippen LogP contribution in [0.25, 0.3) is 22.6 Å². The van der Waals surface area contributed by atoms with Gasteiger partial charge in [0.15, 0.2) is 0 Å². The van der Waals surface area contributed by atoms with E-state index in [1.165, 1.54) is 6.21 Å². The summed E-state index contributed by atoms with van der Waals surface area (Å²) in [6, 6.07) is 17.6. The van der Waals surface area contributed by atoms with Crippen LogP contribution in [0, 0.1) is 0 Å². The Balaban J connectivity index is 1.55. The second kappa shape index (κ2) is 10.7. The first-order valence-corrected chi connectivity index (χ1v) is 12.3. The molecular formula is C29H27FN6O2. The van der Waals surface area contributed by atoms with Gasteiger partial charge in [0.1, 0.15) is 23.8 Å². The number of allylic oxidation sites excluding steroid dienone is 1. The van der Waals surface area contributed by atoms with Gasteiger partial charge in [-0.2, -0.15) is 0 Å². The number of hydrogen-bond acceptors (Lipinski definition) is 5. The molecule has 1 saturated heterocycles. The SMILES string of the molecule is CN=CC=C(N)c1cc(C(=O)Nc2c(-c3ccccc3)nc3cc(C(=O)N4CCC4)ccn23)ccc1CF. The van der Waals surface area contributed by atoms with Gasteiger partial charge < -0.3 is 16.0 Å². The van der Waals surface area contributed by atoms with Crippen LogP contribution in [-0.4, -0.2) is 52.5 Å². The van der Waals surface area contributed by atoms with Crippen molar-refractivity contribution in [3.63, 3.8) is 0 Å². The minimum absolute atomic E-state index is 0.0344. The van der Waals surface area contributed by atoms with Crippen LogP contribution >= 0.6 is 0 Å². The molecule has 8 nitrogen and oxygen atoms in total. The lowest BCUT2D eigenvalue weighted by molar-refractivity contribution is 0.0651. The molecule has 1 fully saturated rings. The molecule has 0 aliphatic carbocycles. The van der Waals surface area contributed by atoms with Gasteiger partial charge in [-0.25, -0.2) is 9.37 Å². The lowest BCUT2D eigenvalue weighted by atomic mass is 10.0. The van der Waals surface area contributed by atoms with E-state index in [1.807, 2.05) is 30.3 Å². The number of aliphatic imine (C=N–C) groups is 1. The molecule has 5 rings (SSSR count). The normalized spacial score (nSPS) is 13.6. The number of hydrogen-bond donors (Lipinski definition) is 2. The van der Waals surface area contributed by atoms with Gasteiger partial charge in [0, 0.05) is 60.5 Å². The van der Waals surface area contributed by atoms with Crippen molar-refractivity contribution in [1.29, 1.82) is 0 Å². The summed E-state index contributed by atoms with van der Waals surface area (Å²) in [6.45, 7) is 0.783. The van der Waals surface area contributed by atoms with Crippen molar-refractivity contribution in [2.45, 2.75) is 13.1 Å². The smallest absolute Gasteiger partial charge is 0.256 e. The van der Waals surface area contributed by atoms with Gasteiger partial charge in [0.25, 0.3) is 11.8 Å². The number of rotatable bonds is 7. The fourth-order valence-electron chi connectivity index (χ4n) is 4.32. The number of benzene rings is 2. The largest absolute Gasteiger partial charge is 0.398 e. The number of fused-ring (bicyclic) bond motifs is 1. The van der Waals surface area contributed by atoms with E-state index in [0.717, 1.165) is 25.1 Å². The maximum absolute atomic E-state index is 13.6. The van der Waals surface area contributed by atoms with Crippen molar-refractivity contribution >= 4 is 35.2 Å². The van der Waals surface area contributed by atoms with Crippen molar-refractivity contribution in [1.82, 2.24) is 14.3 Å². The number of nitrogens with zero attached hydrogens (tertiary/aromatic N) is 4. The van der Waals surface area contributed by atoms with E-state index in [2.05, 4.69) is 10.3 Å². The zero-order valence-electron chi connectivity index (χ0n) is 20.9. The van der Waals surface area contributed by atoms with Crippen LogP contribution in [0.2, 0.25) is 0 Å². The fraction of sp³-hybridized carbons (Fsp3) is 0.172. The van der Waals surface area contributed by atoms with Crippen molar-refractivity contribution in [2.75, 3.05) is 25.5 Å². The molecule has 1 aliphatic heterocycles. The zero-order chi connectivity index (χ0) is 26.6. The number of imidazole rings is 1. The van der Waals surface area contributed by atoms with Crippen LogP contribution in [-0.2, 0) is 6.67 Å². The van der Waals surface area contributed by atoms with Crippen LogP contribution in [0.1, 0.15) is 38.3 Å². The zero-order valence-corrected chi connectivity index (χ0v) is 20.9. The summed E-state index contributed by atoms with van der Waals surface area (Å²) in [5.41, 5.74) is 9.99. The van der Waals surface area contributed by atoms with Crippen molar-refractivity contribution in [2.24, 2.45) is 10.7 Å². The molecule has 2 amide bonds. The van der Waals surface area contributed by atoms with Crippen LogP contribution < -0.4 is 11.1 Å². The third-order valence-electron chi connectivity index (χ3n) is 6.53. The molecule has 9 heteroatoms. The number of carbonyl (C=O) groups is 2. The van der Waals surface area contributed by atoms with Gasteiger partial charge in [-0.05, 0) is 42.3 Å². The van der Waals surface area contributed by atoms with Crippen LogP contribution in [0.5, 0.6) is 0 Å². The molecular weight excluding hydrogens is 483 g/mol. The van der Waals surface area contributed by atoms with E-state index in [1.54, 1.807) is 59.0 Å². The summed E-state index contributed by atoms with van der Waals surface area (Å²) in [5.74, 6) is 0.0121. The Morgan fingerprint density at radius 2 is 1.89 bits per heavy atom. The number of likely N-dealkylation sites (tertiary alicyclic amines) is 1. The third kappa shape index (κ3) is 4.78. The number of aromatic nitrogens is 2. The Bertz CT molecular complexity index is 1570. The first kappa shape index (κ1) is 24.9. The lowest BCUT2D eigenvalue weighted by Gasteiger charge is -2.30. The molecule has 0 spiro atoms. The van der Waals surface area contributed by atoms with Gasteiger partial charge in [-0.15, -0.1) is 0 Å². The molecule has 3 N–H and O–H groups in total. The summed E-state index contributed by atoms with van der Waals surface area (Å²) < 4.78 is 15.4. The van der Waals surface area contributed by atoms with Crippen molar-refractivity contribution < 1.29 is 14.0 Å². The minimum Gasteiger partial charge on any atom is -0.398 e. The van der Waals surface area contributed by atoms with E-state index in [4.69, 9.17) is 10.7 Å². The minimum atomic E-state index is -0.723. The second-order valence-corrected chi connectivity index (χ2v) is 8.95. The molecule has 4 aromatic rings. The maximum atomic E-state index is 13.6. The molecule has 0 saturated carbocycles. The number of nitrogens with two attached hydrogens (primary N) is 1. The predicted octanol–water partition coefficient (Wildman–Crippen LogP) is 4.57. The highest BCUT2D eigenvalue weighted by molar-refractivity contribution is 6.06. The van der Waals surface area contributed by atoms with Crippen LogP contribution in [0.15, 0.2) is 77.9 Å². The van der Waals surface area contributed by atoms with Crippen molar-refractivity contribution in [3.05, 3.63) is 95.2 Å². The Morgan fingerprint density at radius 1 is 1.11 bits per heavy atom. The molecule has 1 aliphatic rings. The summed E-state index contributed by atoms with van der Waals surface area (Å²) >= 11 is 0.